The van der Waals surface area contributed by atoms with E-state index in [0.29, 0.717) is 12.2 Å². The van der Waals surface area contributed by atoms with Gasteiger partial charge in [-0.05, 0) is 24.3 Å². The summed E-state index contributed by atoms with van der Waals surface area (Å²) >= 11 is 0. The predicted molar refractivity (Wildman–Crippen MR) is 112 cm³/mol. The fraction of sp³-hybridized carbons (Fsp3) is 0.304. The fourth-order valence-corrected chi connectivity index (χ4v) is 3.82. The molecule has 0 saturated heterocycles. The zero-order valence-corrected chi connectivity index (χ0v) is 17.1. The molecule has 30 heavy (non-hydrogen) atoms. The molecule has 0 radical (unpaired) electrons. The molecule has 0 aliphatic carbocycles. The van der Waals surface area contributed by atoms with Crippen molar-refractivity contribution in [3.63, 3.8) is 0 Å². The van der Waals surface area contributed by atoms with E-state index in [-0.39, 0.29) is 18.7 Å². The van der Waals surface area contributed by atoms with Crippen LogP contribution >= 0.6 is 0 Å². The smallest absolute Gasteiger partial charge is 0.248 e. The first kappa shape index (κ1) is 18.5. The molecule has 0 bridgehead atoms. The third kappa shape index (κ3) is 3.07. The zero-order chi connectivity index (χ0) is 20.9. The largest absolute Gasteiger partial charge is 0.454 e. The van der Waals surface area contributed by atoms with E-state index >= 15 is 0 Å². The number of para-hydroxylation sites is 1. The van der Waals surface area contributed by atoms with E-state index in [9.17, 15) is 4.79 Å². The maximum Gasteiger partial charge on any atom is 0.248 e. The van der Waals surface area contributed by atoms with E-state index in [1.807, 2.05) is 57.2 Å². The minimum absolute atomic E-state index is 0.0378. The molecule has 3 aromatic rings. The number of hydrazone groups is 1. The van der Waals surface area contributed by atoms with Gasteiger partial charge in [-0.1, -0.05) is 32.9 Å². The Morgan fingerprint density at radius 2 is 1.87 bits per heavy atom. The second-order valence-corrected chi connectivity index (χ2v) is 8.51. The molecule has 7 nitrogen and oxygen atoms in total. The lowest BCUT2D eigenvalue weighted by molar-refractivity contribution is -0.141. The average molecular weight is 402 g/mol. The number of carbonyl (C=O) groups excluding carboxylic acids is 1. The Labute approximate surface area is 174 Å². The first-order valence-corrected chi connectivity index (χ1v) is 9.92. The van der Waals surface area contributed by atoms with Crippen LogP contribution in [0.2, 0.25) is 0 Å². The molecule has 1 aromatic heterocycles. The van der Waals surface area contributed by atoms with Gasteiger partial charge in [0.2, 0.25) is 12.7 Å². The quantitative estimate of drug-likeness (QED) is 0.645. The topological polar surface area (TPSA) is 76.9 Å². The molecule has 2 aromatic carbocycles. The molecule has 5 rings (SSSR count). The van der Waals surface area contributed by atoms with E-state index in [0.717, 1.165) is 33.6 Å². The lowest BCUT2D eigenvalue weighted by atomic mass is 9.92. The van der Waals surface area contributed by atoms with Gasteiger partial charge >= 0.3 is 0 Å². The van der Waals surface area contributed by atoms with Crippen molar-refractivity contribution in [3.05, 3.63) is 59.9 Å². The molecule has 1 atom stereocenters. The molecule has 0 spiro atoms. The van der Waals surface area contributed by atoms with Crippen LogP contribution in [0.4, 0.5) is 0 Å². The average Bonchev–Trinajstić information content (AvgIpc) is 3.38. The van der Waals surface area contributed by atoms with Gasteiger partial charge in [0.25, 0.3) is 0 Å². The Kier molecular flexibility index (Phi) is 4.20. The lowest BCUT2D eigenvalue weighted by Crippen LogP contribution is -2.36. The van der Waals surface area contributed by atoms with Crippen molar-refractivity contribution in [2.45, 2.75) is 33.2 Å². The molecule has 152 valence electrons. The number of rotatable bonds is 2. The maximum atomic E-state index is 13.3. The monoisotopic (exact) mass is 402 g/mol. The Morgan fingerprint density at radius 1 is 1.07 bits per heavy atom. The maximum absolute atomic E-state index is 13.3. The molecule has 7 heteroatoms. The van der Waals surface area contributed by atoms with Gasteiger partial charge in [-0.3, -0.25) is 14.8 Å². The Morgan fingerprint density at radius 3 is 2.70 bits per heavy atom. The highest BCUT2D eigenvalue weighted by molar-refractivity contribution is 6.04. The number of ether oxygens (including phenoxy) is 2. The second kappa shape index (κ2) is 6.79. The molecular weight excluding hydrogens is 380 g/mol. The highest BCUT2D eigenvalue weighted by Gasteiger charge is 2.39. The van der Waals surface area contributed by atoms with Crippen LogP contribution in [-0.4, -0.2) is 33.4 Å². The van der Waals surface area contributed by atoms with E-state index < -0.39 is 5.41 Å². The molecule has 2 aliphatic heterocycles. The number of aromatic nitrogens is 2. The third-order valence-electron chi connectivity index (χ3n) is 5.35. The van der Waals surface area contributed by atoms with Crippen LogP contribution in [0, 0.1) is 5.41 Å². The van der Waals surface area contributed by atoms with Gasteiger partial charge in [-0.2, -0.15) is 5.10 Å². The van der Waals surface area contributed by atoms with Gasteiger partial charge < -0.3 is 9.47 Å². The molecule has 0 fully saturated rings. The number of carbonyl (C=O) groups is 1. The number of nitrogens with zero attached hydrogens (tertiary/aromatic N) is 4. The van der Waals surface area contributed by atoms with Crippen LogP contribution in [-0.2, 0) is 4.79 Å². The summed E-state index contributed by atoms with van der Waals surface area (Å²) in [6.45, 7) is 5.94. The Bertz CT molecular complexity index is 1180. The van der Waals surface area contributed by atoms with Gasteiger partial charge in [0.15, 0.2) is 11.5 Å². The van der Waals surface area contributed by atoms with Crippen LogP contribution in [0.5, 0.6) is 11.5 Å². The second-order valence-electron chi connectivity index (χ2n) is 8.51. The van der Waals surface area contributed by atoms with Crippen LogP contribution in [0.15, 0.2) is 53.9 Å². The molecule has 0 saturated carbocycles. The lowest BCUT2D eigenvalue weighted by Gasteiger charge is -2.28. The highest BCUT2D eigenvalue weighted by atomic mass is 16.7. The third-order valence-corrected chi connectivity index (χ3v) is 5.35. The number of fused-ring (bicyclic) bond motifs is 2. The van der Waals surface area contributed by atoms with Gasteiger partial charge in [0.1, 0.15) is 0 Å². The van der Waals surface area contributed by atoms with Crippen LogP contribution in [0.25, 0.3) is 11.0 Å². The fourth-order valence-electron chi connectivity index (χ4n) is 3.82. The van der Waals surface area contributed by atoms with Gasteiger partial charge in [-0.15, -0.1) is 0 Å². The summed E-state index contributed by atoms with van der Waals surface area (Å²) in [5, 5.41) is 6.39. The van der Waals surface area contributed by atoms with E-state index in [1.165, 1.54) is 0 Å². The summed E-state index contributed by atoms with van der Waals surface area (Å²) < 4.78 is 10.9. The summed E-state index contributed by atoms with van der Waals surface area (Å²) in [4.78, 5) is 22.2. The van der Waals surface area contributed by atoms with Gasteiger partial charge in [0, 0.05) is 35.4 Å². The number of amides is 1. The molecule has 1 amide bonds. The Balaban J connectivity index is 1.59. The van der Waals surface area contributed by atoms with Crippen molar-refractivity contribution in [3.8, 4) is 11.5 Å². The summed E-state index contributed by atoms with van der Waals surface area (Å²) in [6, 6.07) is 11.4. The van der Waals surface area contributed by atoms with Crippen LogP contribution in [0.3, 0.4) is 0 Å². The molecule has 3 heterocycles. The standard InChI is InChI=1S/C23H22N4O3/c1-23(2,3)22(28)27-18(15-5-4-6-16-21(15)25-10-9-24-16)12-17(26-27)14-7-8-19-20(11-14)30-13-29-19/h4-11,18H,12-13H2,1-3H3/t18-/m0/s1. The van der Waals surface area contributed by atoms with Crippen LogP contribution in [0.1, 0.15) is 44.4 Å². The van der Waals surface area contributed by atoms with Crippen molar-refractivity contribution < 1.29 is 14.3 Å². The summed E-state index contributed by atoms with van der Waals surface area (Å²) in [5.41, 5.74) is 3.71. The van der Waals surface area contributed by atoms with Gasteiger partial charge in [0.05, 0.1) is 22.8 Å². The predicted octanol–water partition coefficient (Wildman–Crippen LogP) is 4.08. The highest BCUT2D eigenvalue weighted by Crippen LogP contribution is 2.40. The Hall–Kier alpha value is -3.48. The van der Waals surface area contributed by atoms with E-state index in [4.69, 9.17) is 14.6 Å². The van der Waals surface area contributed by atoms with Crippen LogP contribution < -0.4 is 9.47 Å². The SMILES string of the molecule is CC(C)(C)C(=O)N1N=C(c2ccc3c(c2)OCO3)C[C@H]1c1cccc2nccnc12. The minimum atomic E-state index is -0.567. The van der Waals surface area contributed by atoms with E-state index in [1.54, 1.807) is 17.4 Å². The molecule has 0 unspecified atom stereocenters. The molecule has 2 aliphatic rings. The number of hydrogen-bond donors (Lipinski definition) is 0. The number of benzene rings is 2. The summed E-state index contributed by atoms with van der Waals surface area (Å²) in [5.74, 6) is 1.38. The van der Waals surface area contributed by atoms with Crippen molar-refractivity contribution in [1.29, 1.82) is 0 Å². The van der Waals surface area contributed by atoms with E-state index in [2.05, 4.69) is 9.97 Å². The van der Waals surface area contributed by atoms with Crippen molar-refractivity contribution in [1.82, 2.24) is 15.0 Å². The first-order chi connectivity index (χ1) is 14.4. The zero-order valence-electron chi connectivity index (χ0n) is 17.1. The normalized spacial score (nSPS) is 18.0. The first-order valence-electron chi connectivity index (χ1n) is 9.92. The number of hydrogen-bond acceptors (Lipinski definition) is 6. The minimum Gasteiger partial charge on any atom is -0.454 e. The molecule has 0 N–H and O–H groups in total. The molecular formula is C23H22N4O3. The van der Waals surface area contributed by atoms with Gasteiger partial charge in [-0.25, -0.2) is 5.01 Å². The van der Waals surface area contributed by atoms with Crippen molar-refractivity contribution in [2.75, 3.05) is 6.79 Å². The summed E-state index contributed by atoms with van der Waals surface area (Å²) in [6.07, 6.45) is 3.93. The summed E-state index contributed by atoms with van der Waals surface area (Å²) in [7, 11) is 0. The van der Waals surface area contributed by atoms with Crippen molar-refractivity contribution in [2.24, 2.45) is 10.5 Å². The van der Waals surface area contributed by atoms with Crippen molar-refractivity contribution >= 4 is 22.7 Å².